The third-order valence-electron chi connectivity index (χ3n) is 5.01. The highest BCUT2D eigenvalue weighted by Gasteiger charge is 2.20. The maximum absolute atomic E-state index is 12.5. The van der Waals surface area contributed by atoms with Crippen LogP contribution in [0.5, 0.6) is 0 Å². The van der Waals surface area contributed by atoms with Crippen molar-refractivity contribution in [1.29, 1.82) is 0 Å². The molecule has 1 aliphatic carbocycles. The number of amides is 1. The highest BCUT2D eigenvalue weighted by Crippen LogP contribution is 2.33. The number of halogens is 1. The van der Waals surface area contributed by atoms with Crippen LogP contribution in [0.4, 0.5) is 0 Å². The summed E-state index contributed by atoms with van der Waals surface area (Å²) in [5.41, 5.74) is 1.22. The fourth-order valence-corrected chi connectivity index (χ4v) is 5.77. The number of fused-ring (bicyclic) bond motifs is 3. The van der Waals surface area contributed by atoms with Gasteiger partial charge in [-0.15, -0.1) is 23.7 Å². The van der Waals surface area contributed by atoms with Gasteiger partial charge in [-0.05, 0) is 44.2 Å². The molecule has 1 unspecified atom stereocenters. The summed E-state index contributed by atoms with van der Waals surface area (Å²) in [7, 11) is 0. The molecule has 1 fully saturated rings. The van der Waals surface area contributed by atoms with Crippen molar-refractivity contribution in [3.63, 3.8) is 0 Å². The molecule has 6 nitrogen and oxygen atoms in total. The molecule has 0 radical (unpaired) electrons. The molecule has 0 spiro atoms. The average molecular weight is 429 g/mol. The van der Waals surface area contributed by atoms with Crippen molar-refractivity contribution in [2.24, 2.45) is 0 Å². The second-order valence-electron chi connectivity index (χ2n) is 6.96. The second kappa shape index (κ2) is 9.41. The molecule has 1 aliphatic heterocycles. The van der Waals surface area contributed by atoms with Crippen molar-refractivity contribution in [3.05, 3.63) is 26.6 Å². The molecular formula is C18H25ClN4O2S2. The summed E-state index contributed by atoms with van der Waals surface area (Å²) in [5, 5.41) is 7.10. The number of thiophene rings is 1. The van der Waals surface area contributed by atoms with Crippen LogP contribution in [-0.4, -0.2) is 40.8 Å². The molecule has 4 rings (SSSR count). The van der Waals surface area contributed by atoms with E-state index in [9.17, 15) is 9.59 Å². The van der Waals surface area contributed by atoms with Gasteiger partial charge in [-0.1, -0.05) is 0 Å². The maximum atomic E-state index is 12.5. The summed E-state index contributed by atoms with van der Waals surface area (Å²) in [6.07, 6.45) is 5.95. The molecule has 148 valence electrons. The van der Waals surface area contributed by atoms with Crippen molar-refractivity contribution < 1.29 is 4.79 Å². The number of aromatic nitrogens is 2. The molecule has 0 aromatic carbocycles. The van der Waals surface area contributed by atoms with Crippen LogP contribution < -0.4 is 16.2 Å². The first kappa shape index (κ1) is 20.6. The lowest BCUT2D eigenvalue weighted by atomic mass is 9.97. The van der Waals surface area contributed by atoms with Gasteiger partial charge in [0.15, 0.2) is 0 Å². The van der Waals surface area contributed by atoms with Crippen molar-refractivity contribution >= 4 is 51.6 Å². The van der Waals surface area contributed by atoms with E-state index in [2.05, 4.69) is 20.6 Å². The molecule has 0 bridgehead atoms. The topological polar surface area (TPSA) is 86.9 Å². The fraction of sp³-hybridized carbons (Fsp3) is 0.611. The van der Waals surface area contributed by atoms with Crippen molar-refractivity contribution in [3.8, 4) is 0 Å². The number of nitrogens with one attached hydrogen (secondary N) is 3. The van der Waals surface area contributed by atoms with Gasteiger partial charge in [0, 0.05) is 29.6 Å². The number of carbonyl (C=O) groups is 1. The molecular weight excluding hydrogens is 404 g/mol. The maximum Gasteiger partial charge on any atom is 0.259 e. The van der Waals surface area contributed by atoms with E-state index in [0.717, 1.165) is 54.7 Å². The van der Waals surface area contributed by atoms with E-state index in [0.29, 0.717) is 18.0 Å². The first-order chi connectivity index (χ1) is 12.7. The standard InChI is InChI=1S/C18H24N4O2S2.ClH/c23-15(20-11-5-7-19-9-11)6-8-25-10-14-21-17(24)16-12-3-1-2-4-13(12)26-18(16)22-14;/h11,19H,1-10H2,(H,20,23)(H,21,22,24);1H. The van der Waals surface area contributed by atoms with Crippen LogP contribution in [0.1, 0.15) is 41.9 Å². The number of nitrogens with zero attached hydrogens (tertiary/aromatic N) is 1. The quantitative estimate of drug-likeness (QED) is 0.615. The molecule has 27 heavy (non-hydrogen) atoms. The Balaban J connectivity index is 0.00000210. The van der Waals surface area contributed by atoms with Gasteiger partial charge in [0.05, 0.1) is 11.1 Å². The van der Waals surface area contributed by atoms with Crippen LogP contribution in [0.25, 0.3) is 10.2 Å². The lowest BCUT2D eigenvalue weighted by Gasteiger charge is -2.10. The Morgan fingerprint density at radius 2 is 2.19 bits per heavy atom. The Morgan fingerprint density at radius 3 is 3.00 bits per heavy atom. The Morgan fingerprint density at radius 1 is 1.33 bits per heavy atom. The number of thioether (sulfide) groups is 1. The number of rotatable bonds is 6. The van der Waals surface area contributed by atoms with Gasteiger partial charge in [-0.25, -0.2) is 4.98 Å². The second-order valence-corrected chi connectivity index (χ2v) is 9.15. The van der Waals surface area contributed by atoms with E-state index in [1.54, 1.807) is 23.1 Å². The smallest absolute Gasteiger partial charge is 0.259 e. The van der Waals surface area contributed by atoms with Gasteiger partial charge >= 0.3 is 0 Å². The van der Waals surface area contributed by atoms with Gasteiger partial charge in [-0.3, -0.25) is 9.59 Å². The highest BCUT2D eigenvalue weighted by molar-refractivity contribution is 7.98. The predicted octanol–water partition coefficient (Wildman–Crippen LogP) is 2.39. The monoisotopic (exact) mass is 428 g/mol. The van der Waals surface area contributed by atoms with Crippen LogP contribution in [0.2, 0.25) is 0 Å². The van der Waals surface area contributed by atoms with E-state index in [1.807, 2.05) is 0 Å². The van der Waals surface area contributed by atoms with Crippen molar-refractivity contribution in [1.82, 2.24) is 20.6 Å². The van der Waals surface area contributed by atoms with Crippen LogP contribution in [0.3, 0.4) is 0 Å². The third-order valence-corrected chi connectivity index (χ3v) is 7.17. The van der Waals surface area contributed by atoms with E-state index < -0.39 is 0 Å². The summed E-state index contributed by atoms with van der Waals surface area (Å²) in [5.74, 6) is 2.18. The number of aryl methyl sites for hydroxylation is 2. The predicted molar refractivity (Wildman–Crippen MR) is 114 cm³/mol. The zero-order chi connectivity index (χ0) is 17.9. The summed E-state index contributed by atoms with van der Waals surface area (Å²) in [6.45, 7) is 1.85. The number of aromatic amines is 1. The Kier molecular flexibility index (Phi) is 7.19. The Labute approximate surface area is 172 Å². The average Bonchev–Trinajstić information content (AvgIpc) is 3.25. The fourth-order valence-electron chi connectivity index (χ4n) is 3.69. The van der Waals surface area contributed by atoms with Gasteiger partial charge in [-0.2, -0.15) is 11.8 Å². The van der Waals surface area contributed by atoms with E-state index in [4.69, 9.17) is 0 Å². The summed E-state index contributed by atoms with van der Waals surface area (Å²) >= 11 is 3.32. The van der Waals surface area contributed by atoms with Crippen LogP contribution in [0, 0.1) is 0 Å². The first-order valence-electron chi connectivity index (χ1n) is 9.32. The van der Waals surface area contributed by atoms with Gasteiger partial charge in [0.1, 0.15) is 10.7 Å². The number of H-pyrrole nitrogens is 1. The van der Waals surface area contributed by atoms with Crippen LogP contribution >= 0.6 is 35.5 Å². The van der Waals surface area contributed by atoms with Crippen LogP contribution in [-0.2, 0) is 23.4 Å². The largest absolute Gasteiger partial charge is 0.352 e. The molecule has 2 aliphatic rings. The third kappa shape index (κ3) is 4.85. The molecule has 2 aromatic rings. The molecule has 3 heterocycles. The number of carbonyl (C=O) groups excluding carboxylic acids is 1. The minimum absolute atomic E-state index is 0. The highest BCUT2D eigenvalue weighted by atomic mass is 35.5. The normalized spacial score (nSPS) is 18.9. The lowest BCUT2D eigenvalue weighted by Crippen LogP contribution is -2.36. The molecule has 0 saturated carbocycles. The van der Waals surface area contributed by atoms with E-state index >= 15 is 0 Å². The zero-order valence-electron chi connectivity index (χ0n) is 15.1. The first-order valence-corrected chi connectivity index (χ1v) is 11.3. The minimum Gasteiger partial charge on any atom is -0.352 e. The van der Waals surface area contributed by atoms with Gasteiger partial charge < -0.3 is 15.6 Å². The Bertz CT molecular complexity index is 861. The zero-order valence-corrected chi connectivity index (χ0v) is 17.6. The van der Waals surface area contributed by atoms with Gasteiger partial charge in [0.2, 0.25) is 5.91 Å². The molecule has 1 amide bonds. The van der Waals surface area contributed by atoms with Gasteiger partial charge in [0.25, 0.3) is 5.56 Å². The summed E-state index contributed by atoms with van der Waals surface area (Å²) < 4.78 is 0. The Hall–Kier alpha value is -1.09. The van der Waals surface area contributed by atoms with E-state index in [1.165, 1.54) is 16.9 Å². The number of hydrogen-bond donors (Lipinski definition) is 3. The number of hydrogen-bond acceptors (Lipinski definition) is 6. The molecule has 1 saturated heterocycles. The molecule has 2 aromatic heterocycles. The SMILES string of the molecule is Cl.O=C(CCSCc1nc2sc3c(c2c(=O)[nH]1)CCCC3)NC1CCNC1. The molecule has 3 N–H and O–H groups in total. The van der Waals surface area contributed by atoms with Crippen molar-refractivity contribution in [2.45, 2.75) is 50.3 Å². The summed E-state index contributed by atoms with van der Waals surface area (Å²) in [6, 6.07) is 0.276. The molecule has 9 heteroatoms. The van der Waals surface area contributed by atoms with Crippen molar-refractivity contribution in [2.75, 3.05) is 18.8 Å². The lowest BCUT2D eigenvalue weighted by molar-refractivity contribution is -0.121. The minimum atomic E-state index is -0.00326. The van der Waals surface area contributed by atoms with Crippen LogP contribution in [0.15, 0.2) is 4.79 Å². The van der Waals surface area contributed by atoms with E-state index in [-0.39, 0.29) is 29.9 Å². The molecule has 1 atom stereocenters. The summed E-state index contributed by atoms with van der Waals surface area (Å²) in [4.78, 5) is 34.3.